The normalized spacial score (nSPS) is 23.2. The molecule has 0 saturated carbocycles. The van der Waals surface area contributed by atoms with Crippen molar-refractivity contribution in [2.75, 3.05) is 0 Å². The zero-order valence-corrected chi connectivity index (χ0v) is 8.31. The summed E-state index contributed by atoms with van der Waals surface area (Å²) in [5.74, 6) is 0. The number of hydrogen-bond donors (Lipinski definition) is 1. The molecule has 1 aliphatic rings. The minimum absolute atomic E-state index is 0. The number of benzene rings is 1. The van der Waals surface area contributed by atoms with E-state index in [1.54, 1.807) is 0 Å². The van der Waals surface area contributed by atoms with Crippen molar-refractivity contribution in [1.29, 1.82) is 0 Å². The summed E-state index contributed by atoms with van der Waals surface area (Å²) in [7, 11) is 0. The molecule has 0 spiro atoms. The van der Waals surface area contributed by atoms with E-state index in [1.165, 1.54) is 5.56 Å². The van der Waals surface area contributed by atoms with Crippen LogP contribution in [-0.2, 0) is 6.42 Å². The molecule has 0 saturated heterocycles. The van der Waals surface area contributed by atoms with Crippen LogP contribution in [0, 0.1) is 0 Å². The van der Waals surface area contributed by atoms with Crippen LogP contribution >= 0.6 is 12.4 Å². The highest BCUT2D eigenvalue weighted by Crippen LogP contribution is 2.31. The van der Waals surface area contributed by atoms with Crippen LogP contribution in [0.4, 0.5) is 0 Å². The molecule has 0 heterocycles. The van der Waals surface area contributed by atoms with Gasteiger partial charge in [-0.05, 0) is 23.1 Å². The van der Waals surface area contributed by atoms with Crippen molar-refractivity contribution < 1.29 is 0 Å². The van der Waals surface area contributed by atoms with Crippen LogP contribution in [0.15, 0.2) is 29.4 Å². The van der Waals surface area contributed by atoms with Crippen molar-refractivity contribution in [3.8, 4) is 0 Å². The van der Waals surface area contributed by atoms with Crippen LogP contribution in [-0.4, -0.2) is 6.04 Å². The quantitative estimate of drug-likeness (QED) is 0.431. The molecule has 0 bridgehead atoms. The molecule has 2 atom stereocenters. The monoisotopic (exact) mass is 210 g/mol. The maximum absolute atomic E-state index is 8.33. The van der Waals surface area contributed by atoms with Crippen molar-refractivity contribution in [3.05, 3.63) is 45.8 Å². The first kappa shape index (κ1) is 10.9. The Hall–Kier alpha value is -1.22. The minimum Gasteiger partial charge on any atom is -0.324 e. The number of nitrogens with zero attached hydrogens (tertiary/aromatic N) is 3. The third-order valence-corrected chi connectivity index (χ3v) is 2.46. The standard InChI is InChI=1S/C9H10N4.ClH/c10-9-7-4-2-1-3-6(7)5-8(9)12-13-11;/h1-4,8-9H,5,10H2;1H/t8-,9-;/m1./s1. The Morgan fingerprint density at radius 1 is 1.43 bits per heavy atom. The summed E-state index contributed by atoms with van der Waals surface area (Å²) < 4.78 is 0. The highest BCUT2D eigenvalue weighted by Gasteiger charge is 2.27. The topological polar surface area (TPSA) is 74.8 Å². The molecule has 0 fully saturated rings. The molecule has 2 N–H and O–H groups in total. The second-order valence-corrected chi connectivity index (χ2v) is 3.20. The van der Waals surface area contributed by atoms with E-state index in [9.17, 15) is 0 Å². The largest absolute Gasteiger partial charge is 0.324 e. The van der Waals surface area contributed by atoms with Crippen molar-refractivity contribution >= 4 is 12.4 Å². The molecule has 14 heavy (non-hydrogen) atoms. The molecule has 1 aromatic rings. The first-order valence-electron chi connectivity index (χ1n) is 4.20. The summed E-state index contributed by atoms with van der Waals surface area (Å²) in [4.78, 5) is 2.80. The molecule has 5 heteroatoms. The average molecular weight is 211 g/mol. The van der Waals surface area contributed by atoms with Crippen molar-refractivity contribution in [3.63, 3.8) is 0 Å². The van der Waals surface area contributed by atoms with Gasteiger partial charge in [0, 0.05) is 11.0 Å². The van der Waals surface area contributed by atoms with E-state index >= 15 is 0 Å². The maximum Gasteiger partial charge on any atom is 0.0607 e. The lowest BCUT2D eigenvalue weighted by atomic mass is 10.1. The molecule has 1 aliphatic carbocycles. The van der Waals surface area contributed by atoms with Gasteiger partial charge in [0.2, 0.25) is 0 Å². The Kier molecular flexibility index (Phi) is 3.36. The van der Waals surface area contributed by atoms with Gasteiger partial charge in [-0.15, -0.1) is 12.4 Å². The molecular weight excluding hydrogens is 200 g/mol. The molecule has 0 amide bonds. The Balaban J connectivity index is 0.000000980. The molecule has 0 aromatic heterocycles. The van der Waals surface area contributed by atoms with Gasteiger partial charge in [0.25, 0.3) is 0 Å². The Morgan fingerprint density at radius 3 is 2.79 bits per heavy atom. The lowest BCUT2D eigenvalue weighted by Gasteiger charge is -2.08. The number of hydrogen-bond acceptors (Lipinski definition) is 2. The first-order chi connectivity index (χ1) is 6.33. The third-order valence-electron chi connectivity index (χ3n) is 2.46. The number of azide groups is 1. The van der Waals surface area contributed by atoms with Gasteiger partial charge < -0.3 is 5.73 Å². The summed E-state index contributed by atoms with van der Waals surface area (Å²) in [5.41, 5.74) is 16.6. The predicted molar refractivity (Wildman–Crippen MR) is 57.3 cm³/mol. The maximum atomic E-state index is 8.33. The zero-order valence-electron chi connectivity index (χ0n) is 7.50. The summed E-state index contributed by atoms with van der Waals surface area (Å²) in [6, 6.07) is 7.71. The fourth-order valence-electron chi connectivity index (χ4n) is 1.78. The van der Waals surface area contributed by atoms with Crippen LogP contribution < -0.4 is 5.73 Å². The second kappa shape index (κ2) is 4.33. The first-order valence-corrected chi connectivity index (χ1v) is 4.20. The summed E-state index contributed by atoms with van der Waals surface area (Å²) in [6.07, 6.45) is 0.765. The van der Waals surface area contributed by atoms with Crippen LogP contribution in [0.25, 0.3) is 10.4 Å². The van der Waals surface area contributed by atoms with Gasteiger partial charge in [0.05, 0.1) is 6.04 Å². The smallest absolute Gasteiger partial charge is 0.0607 e. The lowest BCUT2D eigenvalue weighted by Crippen LogP contribution is -2.19. The van der Waals surface area contributed by atoms with Crippen molar-refractivity contribution in [2.24, 2.45) is 10.8 Å². The number of nitrogens with two attached hydrogens (primary N) is 1. The molecule has 4 nitrogen and oxygen atoms in total. The van der Waals surface area contributed by atoms with Gasteiger partial charge in [0.1, 0.15) is 0 Å². The Morgan fingerprint density at radius 2 is 2.14 bits per heavy atom. The van der Waals surface area contributed by atoms with Crippen LogP contribution in [0.1, 0.15) is 17.2 Å². The highest BCUT2D eigenvalue weighted by molar-refractivity contribution is 5.85. The predicted octanol–water partition coefficient (Wildman–Crippen LogP) is 2.34. The van der Waals surface area contributed by atoms with E-state index in [0.29, 0.717) is 0 Å². The Bertz CT molecular complexity index is 373. The van der Waals surface area contributed by atoms with E-state index in [1.807, 2.05) is 24.3 Å². The van der Waals surface area contributed by atoms with E-state index in [-0.39, 0.29) is 24.5 Å². The van der Waals surface area contributed by atoms with Gasteiger partial charge >= 0.3 is 0 Å². The molecule has 2 rings (SSSR count). The van der Waals surface area contributed by atoms with Crippen molar-refractivity contribution in [2.45, 2.75) is 18.5 Å². The van der Waals surface area contributed by atoms with Gasteiger partial charge in [-0.2, -0.15) is 0 Å². The molecule has 74 valence electrons. The fraction of sp³-hybridized carbons (Fsp3) is 0.333. The van der Waals surface area contributed by atoms with Gasteiger partial charge in [-0.25, -0.2) is 0 Å². The average Bonchev–Trinajstić information content (AvgIpc) is 2.46. The highest BCUT2D eigenvalue weighted by atomic mass is 35.5. The van der Waals surface area contributed by atoms with E-state index in [4.69, 9.17) is 11.3 Å². The molecule has 0 radical (unpaired) electrons. The summed E-state index contributed by atoms with van der Waals surface area (Å²) in [6.45, 7) is 0. The third kappa shape index (κ3) is 1.68. The minimum atomic E-state index is -0.132. The summed E-state index contributed by atoms with van der Waals surface area (Å²) >= 11 is 0. The van der Waals surface area contributed by atoms with E-state index in [2.05, 4.69) is 10.0 Å². The zero-order chi connectivity index (χ0) is 9.26. The molecule has 0 unspecified atom stereocenters. The number of halogens is 1. The van der Waals surface area contributed by atoms with Gasteiger partial charge in [-0.3, -0.25) is 0 Å². The van der Waals surface area contributed by atoms with E-state index < -0.39 is 0 Å². The molecular formula is C9H11ClN4. The SMILES string of the molecule is Cl.[N-]=[N+]=N[C@@H]1Cc2ccccc2[C@H]1N. The number of rotatable bonds is 1. The summed E-state index contributed by atoms with van der Waals surface area (Å²) in [5, 5.41) is 3.67. The van der Waals surface area contributed by atoms with Crippen LogP contribution in [0.5, 0.6) is 0 Å². The van der Waals surface area contributed by atoms with Crippen LogP contribution in [0.2, 0.25) is 0 Å². The lowest BCUT2D eigenvalue weighted by molar-refractivity contribution is 0.589. The Labute approximate surface area is 88.1 Å². The second-order valence-electron chi connectivity index (χ2n) is 3.20. The van der Waals surface area contributed by atoms with Gasteiger partial charge in [-0.1, -0.05) is 29.4 Å². The fourth-order valence-corrected chi connectivity index (χ4v) is 1.78. The van der Waals surface area contributed by atoms with Crippen molar-refractivity contribution in [1.82, 2.24) is 0 Å². The van der Waals surface area contributed by atoms with Crippen LogP contribution in [0.3, 0.4) is 0 Å². The van der Waals surface area contributed by atoms with E-state index in [0.717, 1.165) is 12.0 Å². The molecule has 0 aliphatic heterocycles. The molecule has 1 aromatic carbocycles. The number of fused-ring (bicyclic) bond motifs is 1. The van der Waals surface area contributed by atoms with Gasteiger partial charge in [0.15, 0.2) is 0 Å².